The summed E-state index contributed by atoms with van der Waals surface area (Å²) in [5.41, 5.74) is -1.12. The number of carbonyl (C=O) groups is 1. The highest BCUT2D eigenvalue weighted by Gasteiger charge is 2.57. The average molecular weight is 458 g/mol. The molecule has 2 aliphatic carbocycles. The summed E-state index contributed by atoms with van der Waals surface area (Å²) in [5.74, 6) is -0.981. The smallest absolute Gasteiger partial charge is 0.406 e. The Balaban J connectivity index is 1.69. The van der Waals surface area contributed by atoms with Crippen LogP contribution in [0.3, 0.4) is 0 Å². The van der Waals surface area contributed by atoms with Gasteiger partial charge in [0.1, 0.15) is 11.5 Å². The number of hydrogen-bond acceptors (Lipinski definition) is 3. The third kappa shape index (κ3) is 4.17. The Kier molecular flexibility index (Phi) is 5.41. The molecule has 2 fully saturated rings. The third-order valence-electron chi connectivity index (χ3n) is 6.52. The van der Waals surface area contributed by atoms with Gasteiger partial charge in [-0.2, -0.15) is 0 Å². The number of carbonyl (C=O) groups excluding carboxylic acids is 1. The van der Waals surface area contributed by atoms with Crippen molar-refractivity contribution in [3.8, 4) is 11.5 Å². The van der Waals surface area contributed by atoms with E-state index in [1.54, 1.807) is 12.1 Å². The Morgan fingerprint density at radius 3 is 1.34 bits per heavy atom. The van der Waals surface area contributed by atoms with Gasteiger partial charge in [-0.25, -0.2) is 0 Å². The molecule has 4 rings (SSSR count). The first-order valence-corrected chi connectivity index (χ1v) is 10.2. The highest BCUT2D eigenvalue weighted by atomic mass is 19.4. The number of rotatable bonds is 6. The van der Waals surface area contributed by atoms with E-state index in [2.05, 4.69) is 9.47 Å². The van der Waals surface area contributed by atoms with Crippen molar-refractivity contribution in [2.45, 2.75) is 62.1 Å². The van der Waals surface area contributed by atoms with E-state index in [4.69, 9.17) is 0 Å². The number of ketones is 1. The fourth-order valence-electron chi connectivity index (χ4n) is 4.79. The lowest BCUT2D eigenvalue weighted by atomic mass is 9.50. The molecule has 0 unspecified atom stereocenters. The lowest BCUT2D eigenvalue weighted by Crippen LogP contribution is -2.55. The van der Waals surface area contributed by atoms with Gasteiger partial charge in [0.05, 0.1) is 10.8 Å². The number of benzene rings is 2. The zero-order chi connectivity index (χ0) is 23.2. The van der Waals surface area contributed by atoms with E-state index in [9.17, 15) is 31.1 Å². The van der Waals surface area contributed by atoms with Gasteiger partial charge in [-0.3, -0.25) is 4.79 Å². The van der Waals surface area contributed by atoms with Crippen LogP contribution in [0.5, 0.6) is 11.5 Å². The Morgan fingerprint density at radius 2 is 1.06 bits per heavy atom. The Hall–Kier alpha value is -2.71. The van der Waals surface area contributed by atoms with E-state index < -0.39 is 35.1 Å². The third-order valence-corrected chi connectivity index (χ3v) is 6.52. The van der Waals surface area contributed by atoms with Crippen LogP contribution in [-0.2, 0) is 15.6 Å². The van der Waals surface area contributed by atoms with E-state index in [1.165, 1.54) is 36.4 Å². The van der Waals surface area contributed by atoms with Crippen LogP contribution >= 0.6 is 0 Å². The summed E-state index contributed by atoms with van der Waals surface area (Å²) in [6, 6.07) is 10.9. The second-order valence-corrected chi connectivity index (χ2v) is 8.35. The molecule has 0 bridgehead atoms. The summed E-state index contributed by atoms with van der Waals surface area (Å²) in [5, 5.41) is 0. The van der Waals surface area contributed by atoms with Gasteiger partial charge in [-0.05, 0) is 61.1 Å². The summed E-state index contributed by atoms with van der Waals surface area (Å²) < 4.78 is 84.1. The van der Waals surface area contributed by atoms with Crippen molar-refractivity contribution in [3.05, 3.63) is 59.7 Å². The molecular weight excluding hydrogens is 438 g/mol. The first-order valence-electron chi connectivity index (χ1n) is 10.2. The molecule has 2 aromatic rings. The maximum absolute atomic E-state index is 13.9. The standard InChI is InChI=1S/C23H20F6O3/c24-22(25,26)31-17-7-1-5-15(13-17)20(9-3-10-20)19(30)21(11-4-12-21)16-6-2-8-18(14-16)32-23(27,28)29/h1-2,5-8,13-14H,3-4,9-12H2. The molecule has 9 heteroatoms. The van der Waals surface area contributed by atoms with Gasteiger partial charge in [0, 0.05) is 0 Å². The molecule has 0 radical (unpaired) electrons. The second-order valence-electron chi connectivity index (χ2n) is 8.35. The van der Waals surface area contributed by atoms with Gasteiger partial charge in [0.2, 0.25) is 0 Å². The van der Waals surface area contributed by atoms with Gasteiger partial charge in [-0.1, -0.05) is 37.1 Å². The van der Waals surface area contributed by atoms with E-state index in [-0.39, 0.29) is 5.78 Å². The van der Waals surface area contributed by atoms with E-state index in [0.717, 1.165) is 12.8 Å². The van der Waals surface area contributed by atoms with Crippen LogP contribution < -0.4 is 9.47 Å². The van der Waals surface area contributed by atoms with Crippen LogP contribution in [0.25, 0.3) is 0 Å². The minimum Gasteiger partial charge on any atom is -0.406 e. The van der Waals surface area contributed by atoms with E-state index in [1.807, 2.05) is 0 Å². The van der Waals surface area contributed by atoms with Crippen LogP contribution in [0.1, 0.15) is 49.7 Å². The lowest BCUT2D eigenvalue weighted by Gasteiger charge is -2.51. The highest BCUT2D eigenvalue weighted by Crippen LogP contribution is 2.55. The maximum Gasteiger partial charge on any atom is 0.573 e. The quantitative estimate of drug-likeness (QED) is 0.458. The van der Waals surface area contributed by atoms with Gasteiger partial charge in [-0.15, -0.1) is 26.3 Å². The molecule has 0 heterocycles. The zero-order valence-electron chi connectivity index (χ0n) is 16.9. The molecule has 0 spiro atoms. The monoisotopic (exact) mass is 458 g/mol. The summed E-state index contributed by atoms with van der Waals surface area (Å²) in [6.45, 7) is 0. The number of halogens is 6. The Labute approximate surface area is 180 Å². The largest absolute Gasteiger partial charge is 0.573 e. The van der Waals surface area contributed by atoms with Crippen molar-refractivity contribution in [2.24, 2.45) is 0 Å². The van der Waals surface area contributed by atoms with Crippen LogP contribution in [0, 0.1) is 0 Å². The van der Waals surface area contributed by atoms with E-state index in [0.29, 0.717) is 36.8 Å². The van der Waals surface area contributed by atoms with Gasteiger partial charge < -0.3 is 9.47 Å². The van der Waals surface area contributed by atoms with Crippen molar-refractivity contribution in [3.63, 3.8) is 0 Å². The molecule has 0 aromatic heterocycles. The van der Waals surface area contributed by atoms with Crippen molar-refractivity contribution >= 4 is 5.78 Å². The summed E-state index contributed by atoms with van der Waals surface area (Å²) in [4.78, 5) is 13.9. The molecule has 3 nitrogen and oxygen atoms in total. The van der Waals surface area contributed by atoms with Gasteiger partial charge >= 0.3 is 12.7 Å². The maximum atomic E-state index is 13.9. The molecule has 2 saturated carbocycles. The van der Waals surface area contributed by atoms with Gasteiger partial charge in [0.25, 0.3) is 0 Å². The highest BCUT2D eigenvalue weighted by molar-refractivity contribution is 6.00. The van der Waals surface area contributed by atoms with Crippen LogP contribution in [-0.4, -0.2) is 18.5 Å². The molecule has 0 atom stereocenters. The molecule has 2 aromatic carbocycles. The number of hydrogen-bond donors (Lipinski definition) is 0. The molecule has 2 aliphatic rings. The van der Waals surface area contributed by atoms with Crippen molar-refractivity contribution < 1.29 is 40.6 Å². The number of ether oxygens (including phenoxy) is 2. The number of alkyl halides is 6. The molecular formula is C23H20F6O3. The molecule has 172 valence electrons. The van der Waals surface area contributed by atoms with Crippen LogP contribution in [0.4, 0.5) is 26.3 Å². The summed E-state index contributed by atoms with van der Waals surface area (Å²) in [7, 11) is 0. The predicted octanol–water partition coefficient (Wildman–Crippen LogP) is 6.60. The Bertz CT molecular complexity index is 924. The summed E-state index contributed by atoms with van der Waals surface area (Å²) >= 11 is 0. The SMILES string of the molecule is O=C(C1(c2cccc(OC(F)(F)F)c2)CCC1)C1(c2cccc(OC(F)(F)F)c2)CCC1. The first kappa shape index (κ1) is 22.5. The lowest BCUT2D eigenvalue weighted by molar-refractivity contribution is -0.275. The molecule has 0 aliphatic heterocycles. The normalized spacial score (nSPS) is 19.4. The molecule has 0 N–H and O–H groups in total. The zero-order valence-corrected chi connectivity index (χ0v) is 16.9. The fourth-order valence-corrected chi connectivity index (χ4v) is 4.79. The van der Waals surface area contributed by atoms with Gasteiger partial charge in [0.15, 0.2) is 5.78 Å². The predicted molar refractivity (Wildman–Crippen MR) is 102 cm³/mol. The second kappa shape index (κ2) is 7.71. The fraction of sp³-hybridized carbons (Fsp3) is 0.435. The average Bonchev–Trinajstić information content (AvgIpc) is 2.57. The van der Waals surface area contributed by atoms with Crippen LogP contribution in [0.2, 0.25) is 0 Å². The van der Waals surface area contributed by atoms with Crippen molar-refractivity contribution in [1.29, 1.82) is 0 Å². The van der Waals surface area contributed by atoms with Crippen molar-refractivity contribution in [2.75, 3.05) is 0 Å². The summed E-state index contributed by atoms with van der Waals surface area (Å²) in [6.07, 6.45) is -6.42. The van der Waals surface area contributed by atoms with E-state index >= 15 is 0 Å². The molecule has 0 amide bonds. The minimum atomic E-state index is -4.86. The minimum absolute atomic E-state index is 0.171. The number of Topliss-reactive ketones (excluding diaryl/α,β-unsaturated/α-hetero) is 1. The first-order chi connectivity index (χ1) is 14.9. The van der Waals surface area contributed by atoms with Crippen LogP contribution in [0.15, 0.2) is 48.5 Å². The molecule has 0 saturated heterocycles. The topological polar surface area (TPSA) is 35.5 Å². The Morgan fingerprint density at radius 1 is 0.688 bits per heavy atom. The molecule has 32 heavy (non-hydrogen) atoms. The van der Waals surface area contributed by atoms with Crippen molar-refractivity contribution in [1.82, 2.24) is 0 Å².